The van der Waals surface area contributed by atoms with Gasteiger partial charge in [0.15, 0.2) is 0 Å². The third-order valence-electron chi connectivity index (χ3n) is 2.67. The second-order valence-corrected chi connectivity index (χ2v) is 3.80. The van der Waals surface area contributed by atoms with Gasteiger partial charge in [0, 0.05) is 18.3 Å². The Labute approximate surface area is 106 Å². The SMILES string of the molecule is CNc1ncnc(Nc2ccc(OC)cc2)c1C. The fourth-order valence-electron chi connectivity index (χ4n) is 1.64. The molecule has 0 unspecified atom stereocenters. The van der Waals surface area contributed by atoms with Crippen LogP contribution in [0.1, 0.15) is 5.56 Å². The van der Waals surface area contributed by atoms with E-state index in [9.17, 15) is 0 Å². The van der Waals surface area contributed by atoms with Gasteiger partial charge in [0.05, 0.1) is 7.11 Å². The minimum atomic E-state index is 0.791. The van der Waals surface area contributed by atoms with Crippen LogP contribution in [-0.4, -0.2) is 24.1 Å². The lowest BCUT2D eigenvalue weighted by molar-refractivity contribution is 0.415. The fraction of sp³-hybridized carbons (Fsp3) is 0.231. The van der Waals surface area contributed by atoms with Gasteiger partial charge in [0.1, 0.15) is 23.7 Å². The Kier molecular flexibility index (Phi) is 3.62. The van der Waals surface area contributed by atoms with Gasteiger partial charge >= 0.3 is 0 Å². The van der Waals surface area contributed by atoms with Gasteiger partial charge in [-0.3, -0.25) is 0 Å². The highest BCUT2D eigenvalue weighted by Gasteiger charge is 2.05. The maximum absolute atomic E-state index is 5.12. The molecule has 5 nitrogen and oxygen atoms in total. The Balaban J connectivity index is 2.22. The predicted octanol–water partition coefficient (Wildman–Crippen LogP) is 2.58. The molecule has 0 radical (unpaired) electrons. The first kappa shape index (κ1) is 12.2. The summed E-state index contributed by atoms with van der Waals surface area (Å²) in [6, 6.07) is 7.69. The van der Waals surface area contributed by atoms with Crippen molar-refractivity contribution in [3.05, 3.63) is 36.2 Å². The molecular formula is C13H16N4O. The topological polar surface area (TPSA) is 59.1 Å². The lowest BCUT2D eigenvalue weighted by atomic mass is 10.2. The molecule has 0 saturated carbocycles. The normalized spacial score (nSPS) is 9.94. The van der Waals surface area contributed by atoms with Crippen LogP contribution >= 0.6 is 0 Å². The highest BCUT2D eigenvalue weighted by Crippen LogP contribution is 2.23. The molecule has 0 saturated heterocycles. The zero-order valence-electron chi connectivity index (χ0n) is 10.7. The summed E-state index contributed by atoms with van der Waals surface area (Å²) in [5, 5.41) is 6.28. The summed E-state index contributed by atoms with van der Waals surface area (Å²) >= 11 is 0. The molecule has 2 aromatic rings. The first-order valence-electron chi connectivity index (χ1n) is 5.65. The van der Waals surface area contributed by atoms with Crippen LogP contribution in [0.2, 0.25) is 0 Å². The molecule has 0 fully saturated rings. The third kappa shape index (κ3) is 2.51. The summed E-state index contributed by atoms with van der Waals surface area (Å²) in [5.41, 5.74) is 1.94. The van der Waals surface area contributed by atoms with Crippen LogP contribution in [0.4, 0.5) is 17.3 Å². The zero-order valence-corrected chi connectivity index (χ0v) is 10.7. The van der Waals surface area contributed by atoms with E-state index in [-0.39, 0.29) is 0 Å². The average molecular weight is 244 g/mol. The van der Waals surface area contributed by atoms with Crippen molar-refractivity contribution in [2.45, 2.75) is 6.92 Å². The van der Waals surface area contributed by atoms with Crippen LogP contribution in [0.25, 0.3) is 0 Å². The van der Waals surface area contributed by atoms with Gasteiger partial charge in [-0.05, 0) is 31.2 Å². The van der Waals surface area contributed by atoms with Gasteiger partial charge in [-0.2, -0.15) is 0 Å². The number of benzene rings is 1. The second kappa shape index (κ2) is 5.35. The van der Waals surface area contributed by atoms with E-state index in [4.69, 9.17) is 4.74 Å². The quantitative estimate of drug-likeness (QED) is 0.865. The second-order valence-electron chi connectivity index (χ2n) is 3.80. The Hall–Kier alpha value is -2.30. The molecule has 0 bridgehead atoms. The molecule has 2 rings (SSSR count). The van der Waals surface area contributed by atoms with Gasteiger partial charge < -0.3 is 15.4 Å². The smallest absolute Gasteiger partial charge is 0.138 e. The fourth-order valence-corrected chi connectivity index (χ4v) is 1.64. The van der Waals surface area contributed by atoms with E-state index in [0.717, 1.165) is 28.6 Å². The first-order chi connectivity index (χ1) is 8.74. The molecule has 1 aromatic carbocycles. The largest absolute Gasteiger partial charge is 0.497 e. The van der Waals surface area contributed by atoms with Crippen molar-refractivity contribution in [2.75, 3.05) is 24.8 Å². The van der Waals surface area contributed by atoms with Crippen molar-refractivity contribution < 1.29 is 4.74 Å². The maximum Gasteiger partial charge on any atom is 0.138 e. The highest BCUT2D eigenvalue weighted by molar-refractivity contribution is 5.64. The van der Waals surface area contributed by atoms with E-state index in [0.29, 0.717) is 0 Å². The number of hydrogen-bond acceptors (Lipinski definition) is 5. The maximum atomic E-state index is 5.12. The Morgan fingerprint density at radius 3 is 2.33 bits per heavy atom. The first-order valence-corrected chi connectivity index (χ1v) is 5.65. The number of nitrogens with one attached hydrogen (secondary N) is 2. The van der Waals surface area contributed by atoms with Crippen LogP contribution in [0, 0.1) is 6.92 Å². The Morgan fingerprint density at radius 2 is 1.72 bits per heavy atom. The van der Waals surface area contributed by atoms with Gasteiger partial charge in [-0.25, -0.2) is 9.97 Å². The number of methoxy groups -OCH3 is 1. The molecule has 0 aliphatic rings. The number of ether oxygens (including phenoxy) is 1. The molecular weight excluding hydrogens is 228 g/mol. The minimum absolute atomic E-state index is 0.791. The van der Waals surface area contributed by atoms with E-state index in [2.05, 4.69) is 20.6 Å². The molecule has 1 heterocycles. The number of rotatable bonds is 4. The van der Waals surface area contributed by atoms with Gasteiger partial charge in [0.2, 0.25) is 0 Å². The van der Waals surface area contributed by atoms with Crippen molar-refractivity contribution in [3.8, 4) is 5.75 Å². The van der Waals surface area contributed by atoms with E-state index in [1.807, 2.05) is 38.2 Å². The monoisotopic (exact) mass is 244 g/mol. The van der Waals surface area contributed by atoms with Crippen molar-refractivity contribution in [2.24, 2.45) is 0 Å². The zero-order chi connectivity index (χ0) is 13.0. The van der Waals surface area contributed by atoms with Gasteiger partial charge in [-0.15, -0.1) is 0 Å². The predicted molar refractivity (Wildman–Crippen MR) is 72.6 cm³/mol. The van der Waals surface area contributed by atoms with Gasteiger partial charge in [0.25, 0.3) is 0 Å². The Morgan fingerprint density at radius 1 is 1.06 bits per heavy atom. The molecule has 0 aliphatic carbocycles. The molecule has 94 valence electrons. The standard InChI is InChI=1S/C13H16N4O/c1-9-12(14-2)15-8-16-13(9)17-10-4-6-11(18-3)7-5-10/h4-8H,1-3H3,(H2,14,15,16,17). The summed E-state index contributed by atoms with van der Waals surface area (Å²) in [6.07, 6.45) is 1.53. The molecule has 0 atom stereocenters. The average Bonchev–Trinajstić information content (AvgIpc) is 2.42. The lowest BCUT2D eigenvalue weighted by Gasteiger charge is -2.11. The molecule has 5 heteroatoms. The van der Waals surface area contributed by atoms with Gasteiger partial charge in [-0.1, -0.05) is 0 Å². The number of hydrogen-bond donors (Lipinski definition) is 2. The molecule has 0 amide bonds. The van der Waals surface area contributed by atoms with Crippen molar-refractivity contribution >= 4 is 17.3 Å². The van der Waals surface area contributed by atoms with Crippen molar-refractivity contribution in [1.29, 1.82) is 0 Å². The van der Waals surface area contributed by atoms with E-state index in [1.165, 1.54) is 6.33 Å². The lowest BCUT2D eigenvalue weighted by Crippen LogP contribution is -2.02. The van der Waals surface area contributed by atoms with E-state index < -0.39 is 0 Å². The van der Waals surface area contributed by atoms with Crippen LogP contribution in [0.5, 0.6) is 5.75 Å². The van der Waals surface area contributed by atoms with Crippen molar-refractivity contribution in [1.82, 2.24) is 9.97 Å². The number of anilines is 3. The van der Waals surface area contributed by atoms with Crippen LogP contribution in [0.15, 0.2) is 30.6 Å². The molecule has 18 heavy (non-hydrogen) atoms. The minimum Gasteiger partial charge on any atom is -0.497 e. The molecule has 0 aliphatic heterocycles. The third-order valence-corrected chi connectivity index (χ3v) is 2.67. The summed E-state index contributed by atoms with van der Waals surface area (Å²) in [6.45, 7) is 1.97. The molecule has 1 aromatic heterocycles. The summed E-state index contributed by atoms with van der Waals surface area (Å²) in [4.78, 5) is 8.38. The van der Waals surface area contributed by atoms with E-state index in [1.54, 1.807) is 7.11 Å². The molecule has 2 N–H and O–H groups in total. The van der Waals surface area contributed by atoms with Crippen LogP contribution in [-0.2, 0) is 0 Å². The van der Waals surface area contributed by atoms with E-state index >= 15 is 0 Å². The van der Waals surface area contributed by atoms with Crippen LogP contribution in [0.3, 0.4) is 0 Å². The summed E-state index contributed by atoms with van der Waals surface area (Å²) < 4.78 is 5.12. The summed E-state index contributed by atoms with van der Waals surface area (Å²) in [7, 11) is 3.49. The summed E-state index contributed by atoms with van der Waals surface area (Å²) in [5.74, 6) is 2.44. The number of nitrogens with zero attached hydrogens (tertiary/aromatic N) is 2. The van der Waals surface area contributed by atoms with Crippen molar-refractivity contribution in [3.63, 3.8) is 0 Å². The van der Waals surface area contributed by atoms with Crippen LogP contribution < -0.4 is 15.4 Å². The Bertz CT molecular complexity index is 525. The number of aromatic nitrogens is 2. The molecule has 0 spiro atoms. The highest BCUT2D eigenvalue weighted by atomic mass is 16.5.